The summed E-state index contributed by atoms with van der Waals surface area (Å²) in [7, 11) is -3.37. The third-order valence-electron chi connectivity index (χ3n) is 1.70. The lowest BCUT2D eigenvalue weighted by Crippen LogP contribution is -2.23. The molecule has 0 bridgehead atoms. The summed E-state index contributed by atoms with van der Waals surface area (Å²) >= 11 is 1.13. The van der Waals surface area contributed by atoms with Crippen molar-refractivity contribution in [3.8, 4) is 0 Å². The number of hydrogen-bond donors (Lipinski definition) is 2. The van der Waals surface area contributed by atoms with E-state index in [2.05, 4.69) is 4.72 Å². The van der Waals surface area contributed by atoms with Gasteiger partial charge in [-0.3, -0.25) is 0 Å². The van der Waals surface area contributed by atoms with Crippen molar-refractivity contribution < 1.29 is 8.42 Å². The van der Waals surface area contributed by atoms with Crippen molar-refractivity contribution in [2.75, 3.05) is 12.3 Å². The van der Waals surface area contributed by atoms with Crippen LogP contribution in [-0.2, 0) is 10.0 Å². The van der Waals surface area contributed by atoms with E-state index < -0.39 is 10.0 Å². The second-order valence-electron chi connectivity index (χ2n) is 2.95. The molecule has 0 aliphatic carbocycles. The van der Waals surface area contributed by atoms with Crippen molar-refractivity contribution >= 4 is 27.0 Å². The molecule has 0 atom stereocenters. The van der Waals surface area contributed by atoms with Crippen LogP contribution in [0.4, 0.5) is 5.69 Å². The summed E-state index contributed by atoms with van der Waals surface area (Å²) in [6.07, 6.45) is 4.49. The second-order valence-corrected chi connectivity index (χ2v) is 5.86. The van der Waals surface area contributed by atoms with Gasteiger partial charge in [-0.1, -0.05) is 12.2 Å². The van der Waals surface area contributed by atoms with Crippen molar-refractivity contribution in [2.45, 2.75) is 17.6 Å². The Kier molecular flexibility index (Phi) is 4.31. The SMILES string of the molecule is C/C=C/CCNS(=O)(=O)c1cc(N)cs1. The summed E-state index contributed by atoms with van der Waals surface area (Å²) in [6.45, 7) is 2.30. The van der Waals surface area contributed by atoms with Gasteiger partial charge < -0.3 is 5.73 Å². The molecule has 6 heteroatoms. The molecular weight excluding hydrogens is 232 g/mol. The number of thiophene rings is 1. The molecule has 0 radical (unpaired) electrons. The number of nitrogen functional groups attached to an aromatic ring is 1. The van der Waals surface area contributed by atoms with E-state index in [-0.39, 0.29) is 4.21 Å². The number of nitrogens with two attached hydrogens (primary N) is 1. The highest BCUT2D eigenvalue weighted by Crippen LogP contribution is 2.21. The van der Waals surface area contributed by atoms with Gasteiger partial charge in [-0.15, -0.1) is 11.3 Å². The van der Waals surface area contributed by atoms with E-state index in [0.29, 0.717) is 18.7 Å². The predicted octanol–water partition coefficient (Wildman–Crippen LogP) is 1.57. The first-order valence-electron chi connectivity index (χ1n) is 4.51. The Balaban J connectivity index is 2.60. The van der Waals surface area contributed by atoms with Crippen LogP contribution in [0.1, 0.15) is 13.3 Å². The molecule has 0 aliphatic heterocycles. The van der Waals surface area contributed by atoms with E-state index in [1.54, 1.807) is 5.38 Å². The largest absolute Gasteiger partial charge is 0.398 e. The van der Waals surface area contributed by atoms with Gasteiger partial charge >= 0.3 is 0 Å². The molecule has 15 heavy (non-hydrogen) atoms. The third kappa shape index (κ3) is 3.65. The van der Waals surface area contributed by atoms with Crippen LogP contribution in [0.5, 0.6) is 0 Å². The zero-order chi connectivity index (χ0) is 11.3. The molecule has 1 aromatic heterocycles. The molecule has 0 aliphatic rings. The van der Waals surface area contributed by atoms with Crippen molar-refractivity contribution in [2.24, 2.45) is 0 Å². The smallest absolute Gasteiger partial charge is 0.250 e. The first-order valence-corrected chi connectivity index (χ1v) is 6.87. The van der Waals surface area contributed by atoms with Crippen molar-refractivity contribution in [3.63, 3.8) is 0 Å². The topological polar surface area (TPSA) is 72.2 Å². The maximum atomic E-state index is 11.6. The number of rotatable bonds is 5. The van der Waals surface area contributed by atoms with Crippen LogP contribution < -0.4 is 10.5 Å². The van der Waals surface area contributed by atoms with Crippen molar-refractivity contribution in [1.29, 1.82) is 0 Å². The molecule has 0 amide bonds. The minimum Gasteiger partial charge on any atom is -0.398 e. The van der Waals surface area contributed by atoms with Crippen LogP contribution in [0, 0.1) is 0 Å². The Morgan fingerprint density at radius 2 is 2.33 bits per heavy atom. The lowest BCUT2D eigenvalue weighted by Gasteiger charge is -2.01. The lowest BCUT2D eigenvalue weighted by molar-refractivity contribution is 0.584. The zero-order valence-electron chi connectivity index (χ0n) is 8.43. The molecule has 4 nitrogen and oxygen atoms in total. The molecule has 0 spiro atoms. The van der Waals surface area contributed by atoms with Crippen LogP contribution in [0.15, 0.2) is 27.8 Å². The molecule has 1 rings (SSSR count). The average molecular weight is 246 g/mol. The van der Waals surface area contributed by atoms with Gasteiger partial charge in [-0.25, -0.2) is 13.1 Å². The Hall–Kier alpha value is -0.850. The van der Waals surface area contributed by atoms with Crippen LogP contribution in [0.3, 0.4) is 0 Å². The number of nitrogens with one attached hydrogen (secondary N) is 1. The van der Waals surface area contributed by atoms with Gasteiger partial charge in [0, 0.05) is 17.6 Å². The zero-order valence-corrected chi connectivity index (χ0v) is 10.1. The molecular formula is C9H14N2O2S2. The van der Waals surface area contributed by atoms with Gasteiger partial charge in [0.05, 0.1) is 0 Å². The summed E-state index contributed by atoms with van der Waals surface area (Å²) in [5.41, 5.74) is 5.94. The minimum atomic E-state index is -3.37. The fraction of sp³-hybridized carbons (Fsp3) is 0.333. The lowest BCUT2D eigenvalue weighted by atomic mass is 10.4. The number of allylic oxidation sites excluding steroid dienone is 1. The summed E-state index contributed by atoms with van der Waals surface area (Å²) in [4.78, 5) is 0. The molecule has 84 valence electrons. The highest BCUT2D eigenvalue weighted by atomic mass is 32.2. The fourth-order valence-electron chi connectivity index (χ4n) is 0.986. The maximum Gasteiger partial charge on any atom is 0.250 e. The second kappa shape index (κ2) is 5.29. The maximum absolute atomic E-state index is 11.6. The monoisotopic (exact) mass is 246 g/mol. The predicted molar refractivity (Wildman–Crippen MR) is 63.4 cm³/mol. The molecule has 0 saturated carbocycles. The number of hydrogen-bond acceptors (Lipinski definition) is 4. The Bertz CT molecular complexity index is 435. The van der Waals surface area contributed by atoms with Crippen LogP contribution in [0.25, 0.3) is 0 Å². The highest BCUT2D eigenvalue weighted by Gasteiger charge is 2.14. The Morgan fingerprint density at radius 3 is 2.87 bits per heavy atom. The standard InChI is InChI=1S/C9H14N2O2S2/c1-2-3-4-5-11-15(12,13)9-6-8(10)7-14-9/h2-3,6-7,11H,4-5,10H2,1H3/b3-2+. The molecule has 3 N–H and O–H groups in total. The summed E-state index contributed by atoms with van der Waals surface area (Å²) in [6, 6.07) is 1.46. The van der Waals surface area contributed by atoms with Gasteiger partial charge in [0.2, 0.25) is 10.0 Å². The number of sulfonamides is 1. The van der Waals surface area contributed by atoms with Gasteiger partial charge in [-0.05, 0) is 19.4 Å². The van der Waals surface area contributed by atoms with Crippen LogP contribution in [0.2, 0.25) is 0 Å². The normalized spacial score (nSPS) is 12.3. The quantitative estimate of drug-likeness (QED) is 0.612. The first-order chi connectivity index (χ1) is 7.06. The third-order valence-corrected chi connectivity index (χ3v) is 4.62. The fourth-order valence-corrected chi connectivity index (χ4v) is 3.16. The van der Waals surface area contributed by atoms with Gasteiger partial charge in [0.25, 0.3) is 0 Å². The van der Waals surface area contributed by atoms with E-state index in [9.17, 15) is 8.42 Å². The van der Waals surface area contributed by atoms with Gasteiger partial charge in [0.1, 0.15) is 4.21 Å². The van der Waals surface area contributed by atoms with Gasteiger partial charge in [-0.2, -0.15) is 0 Å². The van der Waals surface area contributed by atoms with E-state index >= 15 is 0 Å². The van der Waals surface area contributed by atoms with Crippen LogP contribution in [-0.4, -0.2) is 15.0 Å². The molecule has 0 aromatic carbocycles. The van der Waals surface area contributed by atoms with Crippen molar-refractivity contribution in [1.82, 2.24) is 4.72 Å². The van der Waals surface area contributed by atoms with Gasteiger partial charge in [0.15, 0.2) is 0 Å². The Morgan fingerprint density at radius 1 is 1.60 bits per heavy atom. The van der Waals surface area contributed by atoms with E-state index in [1.807, 2.05) is 19.1 Å². The van der Waals surface area contributed by atoms with E-state index in [4.69, 9.17) is 5.73 Å². The van der Waals surface area contributed by atoms with E-state index in [0.717, 1.165) is 11.3 Å². The molecule has 1 heterocycles. The highest BCUT2D eigenvalue weighted by molar-refractivity contribution is 7.91. The number of anilines is 1. The summed E-state index contributed by atoms with van der Waals surface area (Å²) < 4.78 is 26.0. The Labute approximate surface area is 93.9 Å². The molecule has 0 fully saturated rings. The van der Waals surface area contributed by atoms with E-state index in [1.165, 1.54) is 6.07 Å². The molecule has 0 saturated heterocycles. The summed E-state index contributed by atoms with van der Waals surface area (Å²) in [5.74, 6) is 0. The molecule has 0 unspecified atom stereocenters. The molecule has 1 aromatic rings. The minimum absolute atomic E-state index is 0.264. The van der Waals surface area contributed by atoms with Crippen LogP contribution >= 0.6 is 11.3 Å². The van der Waals surface area contributed by atoms with Crippen molar-refractivity contribution in [3.05, 3.63) is 23.6 Å². The first kappa shape index (κ1) is 12.2. The average Bonchev–Trinajstić information content (AvgIpc) is 2.60. The summed E-state index contributed by atoms with van der Waals surface area (Å²) in [5, 5.41) is 1.61.